The van der Waals surface area contributed by atoms with Gasteiger partial charge in [-0.25, -0.2) is 4.79 Å². The molecule has 0 fully saturated rings. The van der Waals surface area contributed by atoms with Crippen LogP contribution in [0.4, 0.5) is 0 Å². The van der Waals surface area contributed by atoms with Gasteiger partial charge < -0.3 is 30.4 Å². The summed E-state index contributed by atoms with van der Waals surface area (Å²) >= 11 is 0. The van der Waals surface area contributed by atoms with Crippen molar-refractivity contribution in [2.45, 2.75) is 24.4 Å². The summed E-state index contributed by atoms with van der Waals surface area (Å²) in [7, 11) is 0. The third-order valence-electron chi connectivity index (χ3n) is 1.61. The van der Waals surface area contributed by atoms with Crippen LogP contribution in [0, 0.1) is 0 Å². The van der Waals surface area contributed by atoms with E-state index in [1.165, 1.54) is 0 Å². The van der Waals surface area contributed by atoms with E-state index in [1.54, 1.807) is 0 Å². The summed E-state index contributed by atoms with van der Waals surface area (Å²) in [5.41, 5.74) is 0. The average Bonchev–Trinajstić information content (AvgIpc) is 2.23. The van der Waals surface area contributed by atoms with Gasteiger partial charge in [-0.05, 0) is 0 Å². The number of carbonyl (C=O) groups excluding carboxylic acids is 1. The summed E-state index contributed by atoms with van der Waals surface area (Å²) in [5.74, 6) is 3.05. The molecule has 0 aliphatic heterocycles. The van der Waals surface area contributed by atoms with Crippen molar-refractivity contribution in [3.05, 3.63) is 0 Å². The molecule has 0 aromatic heterocycles. The Labute approximate surface area is 98.0 Å². The van der Waals surface area contributed by atoms with Crippen LogP contribution in [0.15, 0.2) is 0 Å². The van der Waals surface area contributed by atoms with Gasteiger partial charge in [0.2, 0.25) is 0 Å². The van der Waals surface area contributed by atoms with E-state index in [4.69, 9.17) is 25.5 Å². The van der Waals surface area contributed by atoms with Crippen molar-refractivity contribution >= 4 is 5.97 Å². The first-order valence-corrected chi connectivity index (χ1v) is 3.69. The van der Waals surface area contributed by atoms with Crippen molar-refractivity contribution in [3.63, 3.8) is 0 Å². The Morgan fingerprint density at radius 3 is 2.00 bits per heavy atom. The maximum Gasteiger partial charge on any atom is 0.356 e. The molecule has 0 saturated carbocycles. The van der Waals surface area contributed by atoms with Crippen LogP contribution >= 0.6 is 0 Å². The van der Waals surface area contributed by atoms with Crippen LogP contribution in [0.5, 0.6) is 0 Å². The molecule has 9 heteroatoms. The van der Waals surface area contributed by atoms with Crippen LogP contribution in [-0.4, -0.2) is 62.5 Å². The van der Waals surface area contributed by atoms with Gasteiger partial charge in [-0.3, -0.25) is 0 Å². The van der Waals surface area contributed by atoms with Crippen molar-refractivity contribution in [1.82, 2.24) is 0 Å². The molecule has 0 saturated heterocycles. The van der Waals surface area contributed by atoms with E-state index in [1.807, 2.05) is 0 Å². The number of hydrogen-bond donors (Lipinski definition) is 6. The molecule has 86 valence electrons. The Morgan fingerprint density at radius 2 is 1.67 bits per heavy atom. The van der Waals surface area contributed by atoms with Crippen LogP contribution in [0.1, 0.15) is 0 Å². The standard InChI is InChI=1S/C6H13NO7.Zn/c7-14-6(13)5(12)4(11)3(10)2(9)1-8;/h2-5,8-12H,1,7H2;. The summed E-state index contributed by atoms with van der Waals surface area (Å²) in [6.07, 6.45) is -7.64. The topological polar surface area (TPSA) is 153 Å². The first kappa shape index (κ1) is 17.3. The average molecular weight is 277 g/mol. The number of nitrogens with two attached hydrogens (primary N) is 1. The quantitative estimate of drug-likeness (QED) is 0.218. The zero-order valence-corrected chi connectivity index (χ0v) is 10.8. The van der Waals surface area contributed by atoms with Gasteiger partial charge in [-0.2, -0.15) is 5.90 Å². The van der Waals surface area contributed by atoms with Crippen molar-refractivity contribution in [2.75, 3.05) is 6.61 Å². The molecular formula is C6H13NO7Zn. The van der Waals surface area contributed by atoms with Gasteiger partial charge in [0, 0.05) is 19.5 Å². The molecule has 15 heavy (non-hydrogen) atoms. The molecule has 0 aromatic rings. The number of carbonyl (C=O) groups is 1. The first-order valence-electron chi connectivity index (χ1n) is 3.69. The fraction of sp³-hybridized carbons (Fsp3) is 0.833. The minimum Gasteiger partial charge on any atom is -0.394 e. The Kier molecular flexibility index (Phi) is 9.27. The van der Waals surface area contributed by atoms with Crippen LogP contribution in [0.25, 0.3) is 0 Å². The van der Waals surface area contributed by atoms with Crippen LogP contribution in [-0.2, 0) is 29.1 Å². The largest absolute Gasteiger partial charge is 0.394 e. The third-order valence-corrected chi connectivity index (χ3v) is 1.61. The van der Waals surface area contributed by atoms with E-state index in [-0.39, 0.29) is 19.5 Å². The van der Waals surface area contributed by atoms with E-state index < -0.39 is 37.0 Å². The molecule has 0 radical (unpaired) electrons. The SMILES string of the molecule is NOC(=O)C(O)C(O)C(O)C(O)CO.[Zn]. The fourth-order valence-electron chi connectivity index (χ4n) is 0.732. The monoisotopic (exact) mass is 275 g/mol. The predicted octanol–water partition coefficient (Wildman–Crippen LogP) is -4.16. The van der Waals surface area contributed by atoms with Crippen LogP contribution in [0.2, 0.25) is 0 Å². The van der Waals surface area contributed by atoms with E-state index in [9.17, 15) is 4.79 Å². The van der Waals surface area contributed by atoms with Crippen LogP contribution < -0.4 is 5.90 Å². The second-order valence-corrected chi connectivity index (χ2v) is 2.61. The van der Waals surface area contributed by atoms with Crippen molar-refractivity contribution in [2.24, 2.45) is 5.90 Å². The Bertz CT molecular complexity index is 192. The number of aliphatic hydroxyl groups excluding tert-OH is 5. The summed E-state index contributed by atoms with van der Waals surface area (Å²) in [5, 5.41) is 44.3. The van der Waals surface area contributed by atoms with E-state index >= 15 is 0 Å². The summed E-state index contributed by atoms with van der Waals surface area (Å²) in [4.78, 5) is 14.1. The molecule has 0 aliphatic rings. The molecule has 0 rings (SSSR count). The second kappa shape index (κ2) is 8.06. The maximum atomic E-state index is 10.6. The van der Waals surface area contributed by atoms with Crippen LogP contribution in [0.3, 0.4) is 0 Å². The van der Waals surface area contributed by atoms with E-state index in [0.717, 1.165) is 0 Å². The second-order valence-electron chi connectivity index (χ2n) is 2.61. The van der Waals surface area contributed by atoms with Crippen molar-refractivity contribution in [3.8, 4) is 0 Å². The number of aliphatic hydroxyl groups is 5. The Balaban J connectivity index is 0. The molecule has 4 atom stereocenters. The number of rotatable bonds is 5. The molecule has 8 nitrogen and oxygen atoms in total. The van der Waals surface area contributed by atoms with Gasteiger partial charge in [0.25, 0.3) is 0 Å². The molecular weight excluding hydrogens is 263 g/mol. The molecule has 0 aromatic carbocycles. The maximum absolute atomic E-state index is 10.6. The van der Waals surface area contributed by atoms with Gasteiger partial charge in [-0.1, -0.05) is 0 Å². The fourth-order valence-corrected chi connectivity index (χ4v) is 0.732. The van der Waals surface area contributed by atoms with Gasteiger partial charge >= 0.3 is 5.97 Å². The number of hydrogen-bond acceptors (Lipinski definition) is 8. The minimum absolute atomic E-state index is 0. The van der Waals surface area contributed by atoms with Crippen molar-refractivity contribution < 1.29 is 54.6 Å². The molecule has 0 aliphatic carbocycles. The van der Waals surface area contributed by atoms with E-state index in [0.29, 0.717) is 0 Å². The zero-order valence-electron chi connectivity index (χ0n) is 7.85. The van der Waals surface area contributed by atoms with Crippen molar-refractivity contribution in [1.29, 1.82) is 0 Å². The summed E-state index contributed by atoms with van der Waals surface area (Å²) < 4.78 is 0. The molecule has 0 spiro atoms. The van der Waals surface area contributed by atoms with Gasteiger partial charge in [0.15, 0.2) is 6.10 Å². The Hall–Kier alpha value is -0.147. The van der Waals surface area contributed by atoms with Gasteiger partial charge in [-0.15, -0.1) is 0 Å². The normalized spacial score (nSPS) is 18.3. The molecule has 7 N–H and O–H groups in total. The molecule has 0 bridgehead atoms. The first-order chi connectivity index (χ1) is 6.45. The smallest absolute Gasteiger partial charge is 0.356 e. The summed E-state index contributed by atoms with van der Waals surface area (Å²) in [6, 6.07) is 0. The third kappa shape index (κ3) is 4.94. The molecule has 0 amide bonds. The Morgan fingerprint density at radius 1 is 1.20 bits per heavy atom. The zero-order chi connectivity index (χ0) is 11.3. The molecule has 4 unspecified atom stereocenters. The predicted molar refractivity (Wildman–Crippen MR) is 41.4 cm³/mol. The summed E-state index contributed by atoms with van der Waals surface area (Å²) in [6.45, 7) is -0.831. The van der Waals surface area contributed by atoms with Gasteiger partial charge in [0.05, 0.1) is 6.61 Å². The minimum atomic E-state index is -2.09. The van der Waals surface area contributed by atoms with E-state index in [2.05, 4.69) is 10.7 Å². The van der Waals surface area contributed by atoms with Gasteiger partial charge in [0.1, 0.15) is 18.3 Å². The molecule has 0 heterocycles.